The molecule has 0 unspecified atom stereocenters. The lowest BCUT2D eigenvalue weighted by atomic mass is 9.94. The number of aliphatic hydroxyl groups excluding tert-OH is 2. The second-order valence-corrected chi connectivity index (χ2v) is 10.9. The number of carbonyl (C=O) groups is 1. The molecule has 3 aromatic carbocycles. The molecule has 0 aliphatic carbocycles. The van der Waals surface area contributed by atoms with Crippen molar-refractivity contribution in [1.29, 1.82) is 0 Å². The average molecular weight is 662 g/mol. The number of nitrogens with two attached hydrogens (primary N) is 1. The number of rotatable bonds is 12. The molecule has 0 radical (unpaired) electrons. The van der Waals surface area contributed by atoms with Gasteiger partial charge < -0.3 is 25.3 Å². The van der Waals surface area contributed by atoms with Gasteiger partial charge in [0, 0.05) is 36.4 Å². The molecular formula is C40H56FN3O4. The third-order valence-electron chi connectivity index (χ3n) is 7.08. The van der Waals surface area contributed by atoms with Crippen LogP contribution < -0.4 is 5.73 Å². The first-order valence-electron chi connectivity index (χ1n) is 17.0. The summed E-state index contributed by atoms with van der Waals surface area (Å²) in [6, 6.07) is 26.3. The summed E-state index contributed by atoms with van der Waals surface area (Å²) >= 11 is 0. The molecule has 0 saturated heterocycles. The average Bonchev–Trinajstić information content (AvgIpc) is 3.46. The summed E-state index contributed by atoms with van der Waals surface area (Å²) in [5, 5.41) is 18.4. The van der Waals surface area contributed by atoms with E-state index >= 15 is 0 Å². The number of halogens is 1. The molecule has 0 bridgehead atoms. The predicted octanol–water partition coefficient (Wildman–Crippen LogP) is 9.27. The van der Waals surface area contributed by atoms with E-state index in [9.17, 15) is 14.3 Å². The lowest BCUT2D eigenvalue weighted by molar-refractivity contribution is -0.140. The largest absolute Gasteiger partial charge is 0.469 e. The molecule has 8 heteroatoms. The van der Waals surface area contributed by atoms with Crippen LogP contribution in [0.4, 0.5) is 10.1 Å². The van der Waals surface area contributed by atoms with E-state index in [1.54, 1.807) is 19.1 Å². The smallest absolute Gasteiger partial charge is 0.305 e. The predicted molar refractivity (Wildman–Crippen MR) is 198 cm³/mol. The number of para-hydroxylation sites is 1. The van der Waals surface area contributed by atoms with Crippen molar-refractivity contribution in [1.82, 2.24) is 4.57 Å². The summed E-state index contributed by atoms with van der Waals surface area (Å²) in [5.74, 6) is 0.0631. The van der Waals surface area contributed by atoms with Gasteiger partial charge in [-0.05, 0) is 79.6 Å². The lowest BCUT2D eigenvalue weighted by Gasteiger charge is -2.18. The maximum Gasteiger partial charge on any atom is 0.305 e. The minimum atomic E-state index is -0.461. The van der Waals surface area contributed by atoms with E-state index < -0.39 is 6.10 Å². The molecule has 0 aliphatic heterocycles. The van der Waals surface area contributed by atoms with Crippen molar-refractivity contribution in [2.24, 2.45) is 10.7 Å². The van der Waals surface area contributed by atoms with Crippen LogP contribution in [0.1, 0.15) is 91.3 Å². The molecular weight excluding hydrogens is 605 g/mol. The van der Waals surface area contributed by atoms with Crippen LogP contribution in [-0.2, 0) is 16.1 Å². The van der Waals surface area contributed by atoms with Crippen LogP contribution in [0.25, 0.3) is 22.4 Å². The Morgan fingerprint density at radius 1 is 0.875 bits per heavy atom. The fraction of sp³-hybridized carbons (Fsp3) is 0.400. The van der Waals surface area contributed by atoms with Crippen LogP contribution in [0, 0.1) is 5.82 Å². The zero-order valence-corrected chi connectivity index (χ0v) is 30.0. The number of esters is 1. The quantitative estimate of drug-likeness (QED) is 0.0607. The molecule has 0 saturated carbocycles. The number of hydrogen-bond donors (Lipinski definition) is 3. The number of hydrogen-bond acceptors (Lipinski definition) is 5. The second kappa shape index (κ2) is 23.1. The van der Waals surface area contributed by atoms with Gasteiger partial charge in [-0.3, -0.25) is 4.79 Å². The zero-order chi connectivity index (χ0) is 36.1. The topological polar surface area (TPSA) is 110 Å². The number of benzene rings is 3. The highest BCUT2D eigenvalue weighted by atomic mass is 19.1. The Balaban J connectivity index is 0.000000761. The van der Waals surface area contributed by atoms with Crippen molar-refractivity contribution in [3.05, 3.63) is 102 Å². The van der Waals surface area contributed by atoms with Gasteiger partial charge in [-0.1, -0.05) is 90.1 Å². The molecule has 0 fully saturated rings. The number of carbonyl (C=O) groups excluding carboxylic acids is 1. The Morgan fingerprint density at radius 3 is 1.94 bits per heavy atom. The number of aliphatic imine (C=N–C) groups is 1. The van der Waals surface area contributed by atoms with Crippen molar-refractivity contribution < 1.29 is 24.1 Å². The number of ether oxygens (including phenoxy) is 1. The highest BCUT2D eigenvalue weighted by molar-refractivity contribution is 6.09. The van der Waals surface area contributed by atoms with Crippen molar-refractivity contribution in [2.45, 2.75) is 92.7 Å². The number of aromatic nitrogens is 1. The zero-order valence-electron chi connectivity index (χ0n) is 30.0. The third-order valence-corrected chi connectivity index (χ3v) is 7.08. The number of nitrogens with zero attached hydrogens (tertiary/aromatic N) is 2. The van der Waals surface area contributed by atoms with Gasteiger partial charge in [0.25, 0.3) is 0 Å². The molecule has 1 aromatic heterocycles. The van der Waals surface area contributed by atoms with E-state index in [2.05, 4.69) is 35.3 Å². The Kier molecular flexibility index (Phi) is 20.1. The summed E-state index contributed by atoms with van der Waals surface area (Å²) in [6.45, 7) is 14.8. The summed E-state index contributed by atoms with van der Waals surface area (Å²) in [4.78, 5) is 15.2. The number of amidine groups is 1. The van der Waals surface area contributed by atoms with Crippen molar-refractivity contribution in [2.75, 3.05) is 13.7 Å². The van der Waals surface area contributed by atoms with E-state index in [4.69, 9.17) is 15.8 Å². The highest BCUT2D eigenvalue weighted by Crippen LogP contribution is 2.42. The Labute approximate surface area is 287 Å². The Hall–Kier alpha value is -4.27. The summed E-state index contributed by atoms with van der Waals surface area (Å²) < 4.78 is 20.5. The van der Waals surface area contributed by atoms with Crippen LogP contribution >= 0.6 is 0 Å². The van der Waals surface area contributed by atoms with Crippen LogP contribution in [-0.4, -0.2) is 46.4 Å². The van der Waals surface area contributed by atoms with Gasteiger partial charge in [-0.15, -0.1) is 0 Å². The minimum Gasteiger partial charge on any atom is -0.469 e. The van der Waals surface area contributed by atoms with Crippen molar-refractivity contribution >= 4 is 17.5 Å². The van der Waals surface area contributed by atoms with Gasteiger partial charge in [-0.2, -0.15) is 0 Å². The standard InChI is InChI=1S/C30H32FN3O.C6H12O3.2C2H6/c1-20(2)28-27(30(32)33-25-12-8-5-9-13-25)26(22-10-6-4-7-11-22)29(34(28)19-18-21(3)35)23-14-16-24(31)17-15-23;1-9-6(8)4-2-3-5-7;2*1-2/h4-17,20-21,35H,18-19H2,1-3H3,(H2,32,33);7H,2-5H2,1H3;2*1-2H3/t21-;;;/m0.../s1. The van der Waals surface area contributed by atoms with Crippen LogP contribution in [0.5, 0.6) is 0 Å². The molecule has 1 heterocycles. The van der Waals surface area contributed by atoms with Gasteiger partial charge in [0.05, 0.1) is 24.6 Å². The van der Waals surface area contributed by atoms with Crippen LogP contribution in [0.2, 0.25) is 0 Å². The first kappa shape index (κ1) is 41.8. The molecule has 7 nitrogen and oxygen atoms in total. The highest BCUT2D eigenvalue weighted by Gasteiger charge is 2.28. The van der Waals surface area contributed by atoms with Crippen molar-refractivity contribution in [3.63, 3.8) is 0 Å². The van der Waals surface area contributed by atoms with Gasteiger partial charge in [0.15, 0.2) is 0 Å². The van der Waals surface area contributed by atoms with Gasteiger partial charge in [-0.25, -0.2) is 9.38 Å². The molecule has 4 rings (SSSR count). The first-order chi connectivity index (χ1) is 23.2. The third kappa shape index (κ3) is 12.7. The SMILES string of the molecule is CC.CC.CC(C)c1c(C(N)=Nc2ccccc2)c(-c2ccccc2)c(-c2ccc(F)cc2)n1CC[C@H](C)O.COC(=O)CCCCO. The second-order valence-electron chi connectivity index (χ2n) is 10.9. The molecule has 0 amide bonds. The minimum absolute atomic E-state index is 0.125. The molecule has 48 heavy (non-hydrogen) atoms. The van der Waals surface area contributed by atoms with E-state index in [-0.39, 0.29) is 24.3 Å². The lowest BCUT2D eigenvalue weighted by Crippen LogP contribution is -2.18. The Bertz CT molecular complexity index is 1480. The monoisotopic (exact) mass is 661 g/mol. The fourth-order valence-electron chi connectivity index (χ4n) is 5.02. The maximum absolute atomic E-state index is 13.9. The van der Waals surface area contributed by atoms with E-state index in [1.165, 1.54) is 19.2 Å². The molecule has 0 aliphatic rings. The summed E-state index contributed by atoms with van der Waals surface area (Å²) in [7, 11) is 1.36. The van der Waals surface area contributed by atoms with Crippen LogP contribution in [0.15, 0.2) is 89.9 Å². The molecule has 262 valence electrons. The van der Waals surface area contributed by atoms with Gasteiger partial charge in [0.1, 0.15) is 11.7 Å². The molecule has 1 atom stereocenters. The van der Waals surface area contributed by atoms with Crippen LogP contribution in [0.3, 0.4) is 0 Å². The van der Waals surface area contributed by atoms with Crippen molar-refractivity contribution in [3.8, 4) is 22.4 Å². The number of methoxy groups -OCH3 is 1. The number of unbranched alkanes of at least 4 members (excludes halogenated alkanes) is 1. The van der Waals surface area contributed by atoms with Gasteiger partial charge >= 0.3 is 5.97 Å². The van der Waals surface area contributed by atoms with E-state index in [1.807, 2.05) is 76.2 Å². The molecule has 4 aromatic rings. The normalized spacial score (nSPS) is 11.3. The molecule has 4 N–H and O–H groups in total. The first-order valence-corrected chi connectivity index (χ1v) is 17.0. The molecule has 0 spiro atoms. The Morgan fingerprint density at radius 2 is 1.44 bits per heavy atom. The van der Waals surface area contributed by atoms with E-state index in [0.717, 1.165) is 39.3 Å². The maximum atomic E-state index is 13.9. The number of aliphatic hydroxyl groups is 2. The summed E-state index contributed by atoms with van der Waals surface area (Å²) in [6.07, 6.45) is 1.92. The fourth-order valence-corrected chi connectivity index (χ4v) is 5.02. The van der Waals surface area contributed by atoms with E-state index in [0.29, 0.717) is 38.1 Å². The van der Waals surface area contributed by atoms with Gasteiger partial charge in [0.2, 0.25) is 0 Å². The summed E-state index contributed by atoms with van der Waals surface area (Å²) in [5.41, 5.74) is 13.3.